The fourth-order valence-electron chi connectivity index (χ4n) is 4.00. The molecule has 1 atom stereocenters. The van der Waals surface area contributed by atoms with Crippen molar-refractivity contribution in [2.45, 2.75) is 24.3 Å². The lowest BCUT2D eigenvalue weighted by molar-refractivity contribution is -0.121. The van der Waals surface area contributed by atoms with E-state index in [0.29, 0.717) is 29.6 Å². The second-order valence-corrected chi connectivity index (χ2v) is 9.92. The lowest BCUT2D eigenvalue weighted by Gasteiger charge is -2.23. The molecule has 3 heterocycles. The first-order valence-electron chi connectivity index (χ1n) is 9.84. The molecule has 0 fully saturated rings. The van der Waals surface area contributed by atoms with E-state index >= 15 is 0 Å². The molecule has 2 aromatic heterocycles. The van der Waals surface area contributed by atoms with E-state index in [0.717, 1.165) is 17.1 Å². The Morgan fingerprint density at radius 1 is 1.25 bits per heavy atom. The van der Waals surface area contributed by atoms with Crippen LogP contribution in [0.1, 0.15) is 18.5 Å². The van der Waals surface area contributed by atoms with Crippen LogP contribution in [-0.2, 0) is 21.2 Å². The summed E-state index contributed by atoms with van der Waals surface area (Å²) < 4.78 is 47.3. The molecule has 1 aliphatic heterocycles. The first-order valence-corrected chi connectivity index (χ1v) is 12.1. The molecule has 4 aromatic rings. The Morgan fingerprint density at radius 3 is 2.88 bits per heavy atom. The summed E-state index contributed by atoms with van der Waals surface area (Å²) >= 11 is 0.948. The van der Waals surface area contributed by atoms with E-state index in [-0.39, 0.29) is 21.8 Å². The maximum atomic E-state index is 14.0. The molecule has 0 saturated carbocycles. The third-order valence-electron chi connectivity index (χ3n) is 5.59. The Kier molecular flexibility index (Phi) is 4.94. The number of carbonyl (C=O) groups excluding carboxylic acids is 1. The molecule has 0 saturated heterocycles. The van der Waals surface area contributed by atoms with Crippen molar-refractivity contribution in [2.75, 3.05) is 16.2 Å². The van der Waals surface area contributed by atoms with Gasteiger partial charge in [-0.2, -0.15) is 4.37 Å². The number of anilines is 2. The summed E-state index contributed by atoms with van der Waals surface area (Å²) in [5.74, 6) is -0.476. The fourth-order valence-corrected chi connectivity index (χ4v) is 5.71. The second-order valence-electron chi connectivity index (χ2n) is 7.45. The second kappa shape index (κ2) is 7.68. The Hall–Kier alpha value is -3.31. The predicted octanol–water partition coefficient (Wildman–Crippen LogP) is 3.58. The van der Waals surface area contributed by atoms with Gasteiger partial charge in [0.25, 0.3) is 10.0 Å². The zero-order valence-corrected chi connectivity index (χ0v) is 18.5. The van der Waals surface area contributed by atoms with Gasteiger partial charge in [-0.05, 0) is 55.3 Å². The van der Waals surface area contributed by atoms with Gasteiger partial charge in [0.2, 0.25) is 11.0 Å². The number of nitrogens with one attached hydrogen (secondary N) is 1. The maximum absolute atomic E-state index is 14.0. The number of amides is 1. The van der Waals surface area contributed by atoms with Crippen molar-refractivity contribution in [1.82, 2.24) is 13.9 Å². The molecule has 8 nitrogen and oxygen atoms in total. The highest BCUT2D eigenvalue weighted by molar-refractivity contribution is 7.93. The van der Waals surface area contributed by atoms with E-state index in [9.17, 15) is 17.6 Å². The minimum absolute atomic E-state index is 0.0978. The van der Waals surface area contributed by atoms with E-state index in [2.05, 4.69) is 14.1 Å². The van der Waals surface area contributed by atoms with E-state index in [1.54, 1.807) is 52.9 Å². The van der Waals surface area contributed by atoms with Crippen molar-refractivity contribution < 1.29 is 17.6 Å². The van der Waals surface area contributed by atoms with Crippen LogP contribution in [0.15, 0.2) is 59.9 Å². The number of nitrogens with zero attached hydrogens (tertiary/aromatic N) is 4. The number of aromatic nitrogens is 3. The molecule has 0 bridgehead atoms. The SMILES string of the molecule is C[C@H](C(=O)N1CCc2cc(S(=O)(=O)Nc3ncns3)ccc21)n1ccc2c(F)cccc21. The highest BCUT2D eigenvalue weighted by atomic mass is 32.2. The number of sulfonamides is 1. The van der Waals surface area contributed by atoms with Crippen LogP contribution in [0.2, 0.25) is 0 Å². The molecular formula is C21H18FN5O3S2. The fraction of sp³-hybridized carbons (Fsp3) is 0.190. The number of hydrogen-bond acceptors (Lipinski definition) is 6. The van der Waals surface area contributed by atoms with Crippen molar-refractivity contribution in [3.05, 3.63) is 66.4 Å². The molecule has 0 spiro atoms. The Balaban J connectivity index is 1.41. The van der Waals surface area contributed by atoms with E-state index < -0.39 is 16.1 Å². The Labute approximate surface area is 187 Å². The van der Waals surface area contributed by atoms with Crippen molar-refractivity contribution >= 4 is 49.2 Å². The monoisotopic (exact) mass is 471 g/mol. The first kappa shape index (κ1) is 20.6. The van der Waals surface area contributed by atoms with E-state index in [4.69, 9.17) is 0 Å². The van der Waals surface area contributed by atoms with Gasteiger partial charge in [0, 0.05) is 35.3 Å². The number of halogens is 1. The summed E-state index contributed by atoms with van der Waals surface area (Å²) in [6.45, 7) is 2.22. The van der Waals surface area contributed by atoms with Crippen molar-refractivity contribution in [1.29, 1.82) is 0 Å². The molecule has 5 rings (SSSR count). The Morgan fingerprint density at radius 2 is 2.09 bits per heavy atom. The predicted molar refractivity (Wildman–Crippen MR) is 120 cm³/mol. The lowest BCUT2D eigenvalue weighted by atomic mass is 10.1. The molecule has 32 heavy (non-hydrogen) atoms. The van der Waals surface area contributed by atoms with Crippen LogP contribution in [-0.4, -0.2) is 34.8 Å². The standard InChI is InChI=1S/C21H18FN5O3S2/c1-13(26-10-8-16-17(22)3-2-4-19(16)26)20(28)27-9-7-14-11-15(5-6-18(14)27)32(29,30)25-21-23-12-24-31-21/h2-6,8,10-13H,7,9H2,1H3,(H,23,24,25)/t13-/m1/s1. The van der Waals surface area contributed by atoms with Crippen molar-refractivity contribution in [2.24, 2.45) is 0 Å². The van der Waals surface area contributed by atoms with E-state index in [1.807, 2.05) is 0 Å². The number of rotatable bonds is 5. The van der Waals surface area contributed by atoms with Gasteiger partial charge in [-0.25, -0.2) is 17.8 Å². The van der Waals surface area contributed by atoms with Gasteiger partial charge in [-0.1, -0.05) is 6.07 Å². The summed E-state index contributed by atoms with van der Waals surface area (Å²) in [5, 5.41) is 0.651. The van der Waals surface area contributed by atoms with Crippen LogP contribution in [0.4, 0.5) is 15.2 Å². The largest absolute Gasteiger partial charge is 0.335 e. The molecule has 2 aromatic carbocycles. The zero-order chi connectivity index (χ0) is 22.5. The Bertz CT molecular complexity index is 1430. The van der Waals surface area contributed by atoms with Crippen molar-refractivity contribution in [3.63, 3.8) is 0 Å². The van der Waals surface area contributed by atoms with Gasteiger partial charge < -0.3 is 9.47 Å². The van der Waals surface area contributed by atoms with Crippen LogP contribution in [0.25, 0.3) is 10.9 Å². The minimum Gasteiger partial charge on any atom is -0.335 e. The van der Waals surface area contributed by atoms with Gasteiger partial charge >= 0.3 is 0 Å². The summed E-state index contributed by atoms with van der Waals surface area (Å²) in [5.41, 5.74) is 2.10. The third kappa shape index (κ3) is 3.43. The van der Waals surface area contributed by atoms with Crippen LogP contribution in [0, 0.1) is 5.82 Å². The summed E-state index contributed by atoms with van der Waals surface area (Å²) in [6.07, 6.45) is 3.53. The minimum atomic E-state index is -3.81. The number of fused-ring (bicyclic) bond motifs is 2. The summed E-state index contributed by atoms with van der Waals surface area (Å²) in [6, 6.07) is 10.6. The van der Waals surface area contributed by atoms with Gasteiger partial charge in [0.05, 0.1) is 10.4 Å². The van der Waals surface area contributed by atoms with Gasteiger partial charge in [-0.3, -0.25) is 9.52 Å². The first-order chi connectivity index (χ1) is 15.3. The normalized spacial score (nSPS) is 14.5. The lowest BCUT2D eigenvalue weighted by Crippen LogP contribution is -2.34. The number of carbonyl (C=O) groups is 1. The van der Waals surface area contributed by atoms with Gasteiger partial charge in [-0.15, -0.1) is 0 Å². The molecule has 0 radical (unpaired) electrons. The molecule has 1 aliphatic rings. The van der Waals surface area contributed by atoms with Crippen molar-refractivity contribution in [3.8, 4) is 0 Å². The zero-order valence-electron chi connectivity index (χ0n) is 16.9. The number of benzene rings is 2. The molecule has 0 unspecified atom stereocenters. The van der Waals surface area contributed by atoms with Crippen LogP contribution in [0.5, 0.6) is 0 Å². The van der Waals surface area contributed by atoms with E-state index in [1.165, 1.54) is 18.5 Å². The number of hydrogen-bond donors (Lipinski definition) is 1. The maximum Gasteiger partial charge on any atom is 0.263 e. The molecule has 0 aliphatic carbocycles. The quantitative estimate of drug-likeness (QED) is 0.480. The van der Waals surface area contributed by atoms with Crippen LogP contribution >= 0.6 is 11.5 Å². The highest BCUT2D eigenvalue weighted by Gasteiger charge is 2.30. The highest BCUT2D eigenvalue weighted by Crippen LogP contribution is 2.33. The smallest absolute Gasteiger partial charge is 0.263 e. The van der Waals surface area contributed by atoms with Gasteiger partial charge in [0.15, 0.2) is 0 Å². The average Bonchev–Trinajstić information content (AvgIpc) is 3.52. The average molecular weight is 472 g/mol. The molecule has 1 N–H and O–H groups in total. The van der Waals surface area contributed by atoms with Crippen LogP contribution in [0.3, 0.4) is 0 Å². The summed E-state index contributed by atoms with van der Waals surface area (Å²) in [7, 11) is -3.81. The molecule has 164 valence electrons. The topological polar surface area (TPSA) is 97.2 Å². The van der Waals surface area contributed by atoms with Crippen LogP contribution < -0.4 is 9.62 Å². The molecule has 11 heteroatoms. The third-order valence-corrected chi connectivity index (χ3v) is 7.64. The molecule has 1 amide bonds. The summed E-state index contributed by atoms with van der Waals surface area (Å²) in [4.78, 5) is 18.9. The molecular weight excluding hydrogens is 453 g/mol. The van der Waals surface area contributed by atoms with Gasteiger partial charge in [0.1, 0.15) is 18.2 Å².